The summed E-state index contributed by atoms with van der Waals surface area (Å²) < 4.78 is 16.4. The van der Waals surface area contributed by atoms with Gasteiger partial charge in [-0.25, -0.2) is 4.39 Å². The third kappa shape index (κ3) is 3.01. The number of amides is 1. The van der Waals surface area contributed by atoms with E-state index in [0.717, 1.165) is 4.90 Å². The van der Waals surface area contributed by atoms with Gasteiger partial charge in [0.05, 0.1) is 22.3 Å². The van der Waals surface area contributed by atoms with E-state index < -0.39 is 0 Å². The molecule has 24 heavy (non-hydrogen) atoms. The van der Waals surface area contributed by atoms with Crippen LogP contribution in [0, 0.1) is 18.2 Å². The molecular formula is C18H13FN2OS2. The zero-order chi connectivity index (χ0) is 17.1. The summed E-state index contributed by atoms with van der Waals surface area (Å²) in [5, 5.41) is 0. The first-order valence-electron chi connectivity index (χ1n) is 7.09. The molecule has 3 nitrogen and oxygen atoms in total. The van der Waals surface area contributed by atoms with Crippen molar-refractivity contribution in [3.63, 3.8) is 0 Å². The Kier molecular flexibility index (Phi) is 4.84. The number of terminal acetylenes is 1. The zero-order valence-electron chi connectivity index (χ0n) is 12.8. The highest BCUT2D eigenvalue weighted by atomic mass is 32.2. The third-order valence-corrected chi connectivity index (χ3v) is 5.28. The molecule has 1 heterocycles. The molecule has 6 heteroatoms. The van der Waals surface area contributed by atoms with Crippen molar-refractivity contribution in [1.29, 1.82) is 0 Å². The molecule has 1 amide bonds. The fraction of sp³-hybridized carbons (Fsp3) is 0.111. The van der Waals surface area contributed by atoms with Crippen LogP contribution in [0.2, 0.25) is 0 Å². The van der Waals surface area contributed by atoms with E-state index in [2.05, 4.69) is 10.9 Å². The van der Waals surface area contributed by atoms with Crippen LogP contribution in [-0.4, -0.2) is 16.7 Å². The lowest BCUT2D eigenvalue weighted by molar-refractivity contribution is 0.0995. The van der Waals surface area contributed by atoms with Gasteiger partial charge in [0, 0.05) is 4.90 Å². The van der Waals surface area contributed by atoms with E-state index in [1.54, 1.807) is 28.8 Å². The van der Waals surface area contributed by atoms with E-state index in [9.17, 15) is 9.18 Å². The number of thioether (sulfide) groups is 1. The van der Waals surface area contributed by atoms with E-state index in [1.807, 2.05) is 18.4 Å². The summed E-state index contributed by atoms with van der Waals surface area (Å²) in [6.07, 6.45) is 7.30. The Labute approximate surface area is 146 Å². The number of para-hydroxylation sites is 1. The van der Waals surface area contributed by atoms with Gasteiger partial charge in [-0.1, -0.05) is 35.5 Å². The fourth-order valence-corrected chi connectivity index (χ4v) is 4.01. The Balaban J connectivity index is 2.20. The van der Waals surface area contributed by atoms with E-state index in [-0.39, 0.29) is 18.3 Å². The SMILES string of the molecule is C#CCn1c(=NC(=O)c2ccccc2SC)sc2cccc(F)c21. The molecule has 0 saturated heterocycles. The molecule has 0 saturated carbocycles. The Bertz CT molecular complexity index is 1030. The quantitative estimate of drug-likeness (QED) is 0.526. The number of halogens is 1. The molecule has 0 unspecified atom stereocenters. The number of rotatable bonds is 3. The van der Waals surface area contributed by atoms with Crippen LogP contribution in [0.1, 0.15) is 10.4 Å². The predicted octanol–water partition coefficient (Wildman–Crippen LogP) is 3.94. The Hall–Kier alpha value is -2.36. The van der Waals surface area contributed by atoms with Gasteiger partial charge in [-0.3, -0.25) is 4.79 Å². The van der Waals surface area contributed by atoms with Crippen LogP contribution in [0.25, 0.3) is 10.2 Å². The van der Waals surface area contributed by atoms with Crippen molar-refractivity contribution in [2.75, 3.05) is 6.26 Å². The van der Waals surface area contributed by atoms with E-state index >= 15 is 0 Å². The van der Waals surface area contributed by atoms with Crippen LogP contribution >= 0.6 is 23.1 Å². The Morgan fingerprint density at radius 2 is 2.12 bits per heavy atom. The molecule has 0 atom stereocenters. The fourth-order valence-electron chi connectivity index (χ4n) is 2.38. The first-order chi connectivity index (χ1) is 11.7. The van der Waals surface area contributed by atoms with E-state index in [1.165, 1.54) is 29.2 Å². The number of hydrogen-bond donors (Lipinski definition) is 0. The molecule has 0 aliphatic rings. The number of fused-ring (bicyclic) bond motifs is 1. The average Bonchev–Trinajstić information content (AvgIpc) is 2.94. The van der Waals surface area contributed by atoms with Crippen molar-refractivity contribution in [3.8, 4) is 12.3 Å². The maximum Gasteiger partial charge on any atom is 0.280 e. The maximum absolute atomic E-state index is 14.1. The number of carbonyl (C=O) groups excluding carboxylic acids is 1. The molecule has 0 N–H and O–H groups in total. The van der Waals surface area contributed by atoms with Gasteiger partial charge >= 0.3 is 0 Å². The minimum Gasteiger partial charge on any atom is -0.302 e. The number of aromatic nitrogens is 1. The van der Waals surface area contributed by atoms with Crippen LogP contribution in [0.3, 0.4) is 0 Å². The maximum atomic E-state index is 14.1. The molecule has 0 fully saturated rings. The van der Waals surface area contributed by atoms with E-state index in [4.69, 9.17) is 6.42 Å². The summed E-state index contributed by atoms with van der Waals surface area (Å²) in [6, 6.07) is 12.1. The minimum atomic E-state index is -0.377. The van der Waals surface area contributed by atoms with Crippen LogP contribution < -0.4 is 4.80 Å². The molecule has 2 aromatic carbocycles. The summed E-state index contributed by atoms with van der Waals surface area (Å²) >= 11 is 2.73. The minimum absolute atomic E-state index is 0.150. The van der Waals surface area contributed by atoms with Crippen molar-refractivity contribution in [3.05, 3.63) is 58.6 Å². The molecule has 120 valence electrons. The van der Waals surface area contributed by atoms with Gasteiger partial charge < -0.3 is 4.57 Å². The predicted molar refractivity (Wildman–Crippen MR) is 96.7 cm³/mol. The van der Waals surface area contributed by atoms with Crippen LogP contribution in [-0.2, 0) is 6.54 Å². The first-order valence-corrected chi connectivity index (χ1v) is 9.13. The van der Waals surface area contributed by atoms with Gasteiger partial charge in [-0.05, 0) is 30.5 Å². The lowest BCUT2D eigenvalue weighted by atomic mass is 10.2. The lowest BCUT2D eigenvalue weighted by Gasteiger charge is -2.03. The largest absolute Gasteiger partial charge is 0.302 e. The topological polar surface area (TPSA) is 34.4 Å². The Morgan fingerprint density at radius 1 is 1.33 bits per heavy atom. The summed E-state index contributed by atoms with van der Waals surface area (Å²) in [6.45, 7) is 0.150. The standard InChI is InChI=1S/C18H13FN2OS2/c1-3-11-21-16-13(19)8-6-10-15(16)24-18(21)20-17(22)12-7-4-5-9-14(12)23-2/h1,4-10H,11H2,2H3. The van der Waals surface area contributed by atoms with Crippen molar-refractivity contribution in [2.45, 2.75) is 11.4 Å². The number of benzene rings is 2. The summed E-state index contributed by atoms with van der Waals surface area (Å²) in [4.78, 5) is 18.0. The molecule has 3 rings (SSSR count). The number of nitrogens with zero attached hydrogens (tertiary/aromatic N) is 2. The molecule has 0 bridgehead atoms. The number of carbonyl (C=O) groups is 1. The number of hydrogen-bond acceptors (Lipinski definition) is 3. The van der Waals surface area contributed by atoms with Gasteiger partial charge in [0.1, 0.15) is 5.82 Å². The first kappa shape index (κ1) is 16.5. The third-order valence-electron chi connectivity index (χ3n) is 3.44. The second-order valence-corrected chi connectivity index (χ2v) is 6.74. The van der Waals surface area contributed by atoms with Crippen molar-refractivity contribution >= 4 is 39.2 Å². The summed E-state index contributed by atoms with van der Waals surface area (Å²) in [5.41, 5.74) is 0.903. The highest BCUT2D eigenvalue weighted by Crippen LogP contribution is 2.22. The van der Waals surface area contributed by atoms with Crippen molar-refractivity contribution < 1.29 is 9.18 Å². The van der Waals surface area contributed by atoms with Crippen LogP contribution in [0.4, 0.5) is 4.39 Å². The molecule has 1 aromatic heterocycles. The van der Waals surface area contributed by atoms with Gasteiger partial charge in [0.15, 0.2) is 4.80 Å². The second kappa shape index (κ2) is 7.04. The highest BCUT2D eigenvalue weighted by Gasteiger charge is 2.13. The van der Waals surface area contributed by atoms with Gasteiger partial charge in [0.25, 0.3) is 5.91 Å². The monoisotopic (exact) mass is 356 g/mol. The summed E-state index contributed by atoms with van der Waals surface area (Å²) in [7, 11) is 0. The number of thiazole rings is 1. The van der Waals surface area contributed by atoms with Crippen LogP contribution in [0.15, 0.2) is 52.4 Å². The van der Waals surface area contributed by atoms with Crippen molar-refractivity contribution in [1.82, 2.24) is 4.57 Å². The summed E-state index contributed by atoms with van der Waals surface area (Å²) in [5.74, 6) is 1.75. The molecule has 0 aliphatic carbocycles. The zero-order valence-corrected chi connectivity index (χ0v) is 14.5. The van der Waals surface area contributed by atoms with Gasteiger partial charge in [-0.2, -0.15) is 4.99 Å². The Morgan fingerprint density at radius 3 is 2.88 bits per heavy atom. The average molecular weight is 356 g/mol. The van der Waals surface area contributed by atoms with Crippen LogP contribution in [0.5, 0.6) is 0 Å². The van der Waals surface area contributed by atoms with Gasteiger partial charge in [-0.15, -0.1) is 18.2 Å². The normalized spacial score (nSPS) is 11.6. The second-order valence-electron chi connectivity index (χ2n) is 4.88. The van der Waals surface area contributed by atoms with Crippen molar-refractivity contribution in [2.24, 2.45) is 4.99 Å². The van der Waals surface area contributed by atoms with Gasteiger partial charge in [0.2, 0.25) is 0 Å². The highest BCUT2D eigenvalue weighted by molar-refractivity contribution is 7.98. The smallest absolute Gasteiger partial charge is 0.280 e. The van der Waals surface area contributed by atoms with E-state index in [0.29, 0.717) is 20.6 Å². The molecule has 3 aromatic rings. The lowest BCUT2D eigenvalue weighted by Crippen LogP contribution is -2.17. The molecule has 0 aliphatic heterocycles. The molecule has 0 radical (unpaired) electrons. The molecular weight excluding hydrogens is 343 g/mol. The molecule has 0 spiro atoms.